The van der Waals surface area contributed by atoms with Crippen molar-refractivity contribution in [3.05, 3.63) is 44.6 Å². The van der Waals surface area contributed by atoms with Crippen LogP contribution in [-0.4, -0.2) is 56.0 Å². The summed E-state index contributed by atoms with van der Waals surface area (Å²) in [4.78, 5) is 29.8. The van der Waals surface area contributed by atoms with Gasteiger partial charge in [-0.3, -0.25) is 9.59 Å². The molecular formula is C21H25BrN2O4S. The van der Waals surface area contributed by atoms with E-state index in [4.69, 9.17) is 9.47 Å². The zero-order chi connectivity index (χ0) is 21.0. The van der Waals surface area contributed by atoms with Crippen LogP contribution >= 0.6 is 27.3 Å². The van der Waals surface area contributed by atoms with Crippen molar-refractivity contribution in [2.45, 2.75) is 19.4 Å². The quantitative estimate of drug-likeness (QED) is 0.579. The summed E-state index contributed by atoms with van der Waals surface area (Å²) in [5.41, 5.74) is 1.06. The molecule has 1 unspecified atom stereocenters. The highest BCUT2D eigenvalue weighted by atomic mass is 79.9. The van der Waals surface area contributed by atoms with E-state index in [0.29, 0.717) is 37.6 Å². The first-order valence-electron chi connectivity index (χ1n) is 9.39. The van der Waals surface area contributed by atoms with E-state index < -0.39 is 0 Å². The topological polar surface area (TPSA) is 59.1 Å². The third-order valence-corrected chi connectivity index (χ3v) is 6.69. The summed E-state index contributed by atoms with van der Waals surface area (Å²) in [6.07, 6.45) is 0.981. The van der Waals surface area contributed by atoms with Crippen molar-refractivity contribution >= 4 is 39.1 Å². The monoisotopic (exact) mass is 480 g/mol. The Kier molecular flexibility index (Phi) is 7.18. The Bertz CT molecular complexity index is 885. The van der Waals surface area contributed by atoms with E-state index in [9.17, 15) is 9.59 Å². The Balaban J connectivity index is 1.55. The Morgan fingerprint density at radius 3 is 2.66 bits per heavy atom. The van der Waals surface area contributed by atoms with E-state index in [0.717, 1.165) is 14.2 Å². The number of carbonyl (C=O) groups is 2. The SMILES string of the molecule is COc1ccc(CCN2CC(C(=O)N(C)Cc3ccc(Br)s3)CC2=O)cc1OC. The number of likely N-dealkylation sites (tertiary alicyclic amines) is 1. The van der Waals surface area contributed by atoms with Crippen molar-refractivity contribution in [1.82, 2.24) is 9.80 Å². The number of benzene rings is 1. The van der Waals surface area contributed by atoms with Gasteiger partial charge in [-0.2, -0.15) is 0 Å². The van der Waals surface area contributed by atoms with Crippen LogP contribution in [0.1, 0.15) is 16.9 Å². The molecule has 6 nitrogen and oxygen atoms in total. The molecule has 1 aromatic heterocycles. The molecule has 29 heavy (non-hydrogen) atoms. The standard InChI is InChI=1S/C21H25BrN2O4S/c1-23(13-16-5-7-19(22)29-16)21(26)15-11-20(25)24(12-15)9-8-14-4-6-17(27-2)18(10-14)28-3/h4-7,10,15H,8-9,11-13H2,1-3H3. The van der Waals surface area contributed by atoms with Crippen LogP contribution in [0.25, 0.3) is 0 Å². The highest BCUT2D eigenvalue weighted by Crippen LogP contribution is 2.28. The van der Waals surface area contributed by atoms with Crippen LogP contribution in [-0.2, 0) is 22.6 Å². The van der Waals surface area contributed by atoms with Gasteiger partial charge in [-0.15, -0.1) is 11.3 Å². The van der Waals surface area contributed by atoms with E-state index in [1.807, 2.05) is 30.3 Å². The van der Waals surface area contributed by atoms with E-state index in [1.54, 1.807) is 42.4 Å². The molecule has 1 fully saturated rings. The summed E-state index contributed by atoms with van der Waals surface area (Å²) in [6, 6.07) is 9.75. The molecule has 2 heterocycles. The Labute approximate surface area is 183 Å². The predicted molar refractivity (Wildman–Crippen MR) is 116 cm³/mol. The summed E-state index contributed by atoms with van der Waals surface area (Å²) < 4.78 is 11.6. The summed E-state index contributed by atoms with van der Waals surface area (Å²) >= 11 is 5.06. The van der Waals surface area contributed by atoms with Crippen LogP contribution in [0.3, 0.4) is 0 Å². The molecule has 8 heteroatoms. The smallest absolute Gasteiger partial charge is 0.228 e. The highest BCUT2D eigenvalue weighted by molar-refractivity contribution is 9.11. The molecule has 1 saturated heterocycles. The average molecular weight is 481 g/mol. The molecular weight excluding hydrogens is 456 g/mol. The second-order valence-electron chi connectivity index (χ2n) is 7.08. The molecule has 2 aromatic rings. The Morgan fingerprint density at radius 2 is 2.00 bits per heavy atom. The molecule has 3 rings (SSSR count). The molecule has 2 amide bonds. The number of halogens is 1. The number of nitrogens with zero attached hydrogens (tertiary/aromatic N) is 2. The molecule has 1 aliphatic rings. The van der Waals surface area contributed by atoms with Gasteiger partial charge in [0.1, 0.15) is 0 Å². The first-order valence-corrected chi connectivity index (χ1v) is 11.0. The first kappa shape index (κ1) is 21.6. The van der Waals surface area contributed by atoms with Gasteiger partial charge in [-0.25, -0.2) is 0 Å². The maximum absolute atomic E-state index is 12.8. The van der Waals surface area contributed by atoms with Gasteiger partial charge in [-0.05, 0) is 52.2 Å². The van der Waals surface area contributed by atoms with Crippen LogP contribution in [0.5, 0.6) is 11.5 Å². The van der Waals surface area contributed by atoms with Crippen molar-refractivity contribution in [3.8, 4) is 11.5 Å². The minimum atomic E-state index is -0.277. The van der Waals surface area contributed by atoms with E-state index >= 15 is 0 Å². The Hall–Kier alpha value is -2.06. The lowest BCUT2D eigenvalue weighted by atomic mass is 10.1. The normalized spacial score (nSPS) is 16.2. The van der Waals surface area contributed by atoms with Gasteiger partial charge in [0.05, 0.1) is 30.5 Å². The number of hydrogen-bond donors (Lipinski definition) is 0. The van der Waals surface area contributed by atoms with Gasteiger partial charge in [0.15, 0.2) is 11.5 Å². The fourth-order valence-corrected chi connectivity index (χ4v) is 5.05. The van der Waals surface area contributed by atoms with Crippen molar-refractivity contribution < 1.29 is 19.1 Å². The van der Waals surface area contributed by atoms with Gasteiger partial charge in [0.25, 0.3) is 0 Å². The first-order chi connectivity index (χ1) is 13.9. The lowest BCUT2D eigenvalue weighted by Crippen LogP contribution is -2.34. The van der Waals surface area contributed by atoms with Gasteiger partial charge >= 0.3 is 0 Å². The molecule has 0 bridgehead atoms. The molecule has 0 aliphatic carbocycles. The van der Waals surface area contributed by atoms with Crippen LogP contribution in [0.4, 0.5) is 0 Å². The minimum absolute atomic E-state index is 0.0245. The molecule has 0 N–H and O–H groups in total. The van der Waals surface area contributed by atoms with Crippen LogP contribution in [0.2, 0.25) is 0 Å². The van der Waals surface area contributed by atoms with Gasteiger partial charge in [0.2, 0.25) is 11.8 Å². The largest absolute Gasteiger partial charge is 0.493 e. The molecule has 1 aliphatic heterocycles. The number of hydrogen-bond acceptors (Lipinski definition) is 5. The lowest BCUT2D eigenvalue weighted by Gasteiger charge is -2.21. The van der Waals surface area contributed by atoms with Crippen LogP contribution < -0.4 is 9.47 Å². The average Bonchev–Trinajstić information content (AvgIpc) is 3.30. The maximum atomic E-state index is 12.8. The number of rotatable bonds is 8. The second-order valence-corrected chi connectivity index (χ2v) is 9.63. The van der Waals surface area contributed by atoms with Crippen molar-refractivity contribution in [2.75, 3.05) is 34.4 Å². The number of methoxy groups -OCH3 is 2. The number of thiophene rings is 1. The number of ether oxygens (including phenoxy) is 2. The van der Waals surface area contributed by atoms with E-state index in [1.165, 1.54) is 0 Å². The van der Waals surface area contributed by atoms with Crippen LogP contribution in [0, 0.1) is 5.92 Å². The number of amides is 2. The maximum Gasteiger partial charge on any atom is 0.228 e. The molecule has 1 aromatic carbocycles. The Morgan fingerprint density at radius 1 is 1.24 bits per heavy atom. The van der Waals surface area contributed by atoms with E-state index in [-0.39, 0.29) is 24.2 Å². The fraction of sp³-hybridized carbons (Fsp3) is 0.429. The third-order valence-electron chi connectivity index (χ3n) is 5.08. The van der Waals surface area contributed by atoms with Gasteiger partial charge in [0, 0.05) is 31.4 Å². The van der Waals surface area contributed by atoms with E-state index in [2.05, 4.69) is 15.9 Å². The zero-order valence-corrected chi connectivity index (χ0v) is 19.2. The highest BCUT2D eigenvalue weighted by Gasteiger charge is 2.35. The zero-order valence-electron chi connectivity index (χ0n) is 16.8. The lowest BCUT2D eigenvalue weighted by molar-refractivity contribution is -0.135. The van der Waals surface area contributed by atoms with Crippen molar-refractivity contribution in [2.24, 2.45) is 5.92 Å². The molecule has 0 saturated carbocycles. The predicted octanol–water partition coefficient (Wildman–Crippen LogP) is 3.58. The van der Waals surface area contributed by atoms with Crippen LogP contribution in [0.15, 0.2) is 34.1 Å². The molecule has 1 atom stereocenters. The molecule has 156 valence electrons. The van der Waals surface area contributed by atoms with Gasteiger partial charge < -0.3 is 19.3 Å². The van der Waals surface area contributed by atoms with Gasteiger partial charge in [-0.1, -0.05) is 6.07 Å². The fourth-order valence-electron chi connectivity index (χ4n) is 3.51. The minimum Gasteiger partial charge on any atom is -0.493 e. The summed E-state index contributed by atoms with van der Waals surface area (Å²) in [6.45, 7) is 1.62. The third kappa shape index (κ3) is 5.30. The summed E-state index contributed by atoms with van der Waals surface area (Å²) in [7, 11) is 5.01. The number of carbonyl (C=O) groups excluding carboxylic acids is 2. The van der Waals surface area contributed by atoms with Crippen molar-refractivity contribution in [1.29, 1.82) is 0 Å². The summed E-state index contributed by atoms with van der Waals surface area (Å²) in [5.74, 6) is 1.14. The molecule has 0 spiro atoms. The second kappa shape index (κ2) is 9.63. The molecule has 0 radical (unpaired) electrons. The summed E-state index contributed by atoms with van der Waals surface area (Å²) in [5, 5.41) is 0. The van der Waals surface area contributed by atoms with Crippen molar-refractivity contribution in [3.63, 3.8) is 0 Å².